The van der Waals surface area contributed by atoms with E-state index < -0.39 is 12.1 Å². The summed E-state index contributed by atoms with van der Waals surface area (Å²) in [5, 5.41) is 8.42. The van der Waals surface area contributed by atoms with E-state index >= 15 is 0 Å². The molecule has 1 unspecified atom stereocenters. The number of rotatable bonds is 5. The quantitative estimate of drug-likeness (QED) is 0.694. The first-order valence-corrected chi connectivity index (χ1v) is 4.99. The maximum atomic E-state index is 11.4. The van der Waals surface area contributed by atoms with Gasteiger partial charge in [-0.2, -0.15) is 0 Å². The number of aliphatic carboxylic acids is 1. The van der Waals surface area contributed by atoms with Crippen molar-refractivity contribution in [3.8, 4) is 0 Å². The standard InChI is InChI=1S/C10H15NO5/c1-2-5-15-10(14)11-4-3-8(6-11)16-7-9(12)13/h2,8H,1,3-7H2,(H,12,13). The molecule has 1 aliphatic rings. The van der Waals surface area contributed by atoms with E-state index in [0.717, 1.165) is 0 Å². The Balaban J connectivity index is 2.26. The third-order valence-electron chi connectivity index (χ3n) is 2.17. The SMILES string of the molecule is C=CCOC(=O)N1CCC(OCC(=O)O)C1. The Kier molecular flexibility index (Phi) is 4.78. The largest absolute Gasteiger partial charge is 0.480 e. The normalized spacial score (nSPS) is 19.5. The van der Waals surface area contributed by atoms with Crippen molar-refractivity contribution < 1.29 is 24.2 Å². The van der Waals surface area contributed by atoms with Gasteiger partial charge in [-0.05, 0) is 6.42 Å². The van der Waals surface area contributed by atoms with E-state index in [2.05, 4.69) is 6.58 Å². The molecule has 1 rings (SSSR count). The van der Waals surface area contributed by atoms with Crippen LogP contribution in [-0.4, -0.2) is 54.5 Å². The van der Waals surface area contributed by atoms with Crippen LogP contribution in [0.5, 0.6) is 0 Å². The Morgan fingerprint density at radius 3 is 2.94 bits per heavy atom. The van der Waals surface area contributed by atoms with Crippen LogP contribution < -0.4 is 0 Å². The van der Waals surface area contributed by atoms with E-state index in [4.69, 9.17) is 14.6 Å². The smallest absolute Gasteiger partial charge is 0.410 e. The molecule has 0 radical (unpaired) electrons. The fourth-order valence-electron chi connectivity index (χ4n) is 1.44. The van der Waals surface area contributed by atoms with Crippen LogP contribution >= 0.6 is 0 Å². The number of carboxylic acids is 1. The van der Waals surface area contributed by atoms with E-state index in [0.29, 0.717) is 19.5 Å². The minimum absolute atomic E-state index is 0.177. The molecule has 1 fully saturated rings. The number of carbonyl (C=O) groups is 2. The van der Waals surface area contributed by atoms with Crippen molar-refractivity contribution in [2.75, 3.05) is 26.3 Å². The fourth-order valence-corrected chi connectivity index (χ4v) is 1.44. The van der Waals surface area contributed by atoms with Crippen LogP contribution in [0.15, 0.2) is 12.7 Å². The second-order valence-corrected chi connectivity index (χ2v) is 3.43. The summed E-state index contributed by atoms with van der Waals surface area (Å²) in [4.78, 5) is 23.1. The highest BCUT2D eigenvalue weighted by atomic mass is 16.6. The molecule has 0 aromatic heterocycles. The molecule has 0 aliphatic carbocycles. The number of hydrogen-bond donors (Lipinski definition) is 1. The molecule has 1 amide bonds. The summed E-state index contributed by atoms with van der Waals surface area (Å²) in [6, 6.07) is 0. The maximum absolute atomic E-state index is 11.4. The molecule has 0 saturated carbocycles. The molecule has 1 aliphatic heterocycles. The summed E-state index contributed by atoms with van der Waals surface area (Å²) >= 11 is 0. The van der Waals surface area contributed by atoms with Crippen molar-refractivity contribution in [3.63, 3.8) is 0 Å². The van der Waals surface area contributed by atoms with Gasteiger partial charge in [-0.25, -0.2) is 9.59 Å². The summed E-state index contributed by atoms with van der Waals surface area (Å²) in [7, 11) is 0. The highest BCUT2D eigenvalue weighted by Crippen LogP contribution is 2.13. The average Bonchev–Trinajstić information content (AvgIpc) is 2.71. The van der Waals surface area contributed by atoms with Crippen LogP contribution in [0.3, 0.4) is 0 Å². The van der Waals surface area contributed by atoms with Crippen molar-refractivity contribution >= 4 is 12.1 Å². The lowest BCUT2D eigenvalue weighted by Gasteiger charge is -2.15. The number of nitrogens with zero attached hydrogens (tertiary/aromatic N) is 1. The van der Waals surface area contributed by atoms with Gasteiger partial charge >= 0.3 is 12.1 Å². The van der Waals surface area contributed by atoms with Crippen LogP contribution in [0.25, 0.3) is 0 Å². The summed E-state index contributed by atoms with van der Waals surface area (Å²) < 4.78 is 9.93. The second-order valence-electron chi connectivity index (χ2n) is 3.43. The molecular weight excluding hydrogens is 214 g/mol. The van der Waals surface area contributed by atoms with Gasteiger partial charge in [0.05, 0.1) is 12.6 Å². The zero-order chi connectivity index (χ0) is 12.0. The molecule has 0 aromatic carbocycles. The van der Waals surface area contributed by atoms with E-state index in [1.165, 1.54) is 11.0 Å². The monoisotopic (exact) mass is 229 g/mol. The Labute approximate surface area is 93.4 Å². The highest BCUT2D eigenvalue weighted by Gasteiger charge is 2.27. The van der Waals surface area contributed by atoms with Crippen LogP contribution in [0.1, 0.15) is 6.42 Å². The average molecular weight is 229 g/mol. The Hall–Kier alpha value is -1.56. The zero-order valence-corrected chi connectivity index (χ0v) is 8.92. The van der Waals surface area contributed by atoms with Gasteiger partial charge in [-0.1, -0.05) is 12.7 Å². The molecule has 0 spiro atoms. The van der Waals surface area contributed by atoms with Crippen molar-refractivity contribution in [1.82, 2.24) is 4.90 Å². The summed E-state index contributed by atoms with van der Waals surface area (Å²) in [5.74, 6) is -1.01. The van der Waals surface area contributed by atoms with Gasteiger partial charge in [0.25, 0.3) is 0 Å². The Morgan fingerprint density at radius 2 is 2.31 bits per heavy atom. The first-order chi connectivity index (χ1) is 7.63. The van der Waals surface area contributed by atoms with Gasteiger partial charge in [0.15, 0.2) is 0 Å². The third-order valence-corrected chi connectivity index (χ3v) is 2.17. The zero-order valence-electron chi connectivity index (χ0n) is 8.92. The van der Waals surface area contributed by atoms with Crippen molar-refractivity contribution in [2.45, 2.75) is 12.5 Å². The fraction of sp³-hybridized carbons (Fsp3) is 0.600. The van der Waals surface area contributed by atoms with E-state index in [9.17, 15) is 9.59 Å². The van der Waals surface area contributed by atoms with E-state index in [1.807, 2.05) is 0 Å². The number of ether oxygens (including phenoxy) is 2. The van der Waals surface area contributed by atoms with Gasteiger partial charge in [0.1, 0.15) is 13.2 Å². The molecule has 0 bridgehead atoms. The molecule has 1 saturated heterocycles. The molecule has 1 heterocycles. The highest BCUT2D eigenvalue weighted by molar-refractivity contribution is 5.68. The molecule has 6 heteroatoms. The summed E-state index contributed by atoms with van der Waals surface area (Å²) in [5.41, 5.74) is 0. The molecule has 0 aromatic rings. The topological polar surface area (TPSA) is 76.1 Å². The third kappa shape index (κ3) is 3.90. The molecule has 16 heavy (non-hydrogen) atoms. The van der Waals surface area contributed by atoms with E-state index in [1.54, 1.807) is 0 Å². The molecule has 6 nitrogen and oxygen atoms in total. The second kappa shape index (κ2) is 6.12. The minimum Gasteiger partial charge on any atom is -0.480 e. The van der Waals surface area contributed by atoms with Crippen molar-refractivity contribution in [2.24, 2.45) is 0 Å². The van der Waals surface area contributed by atoms with Gasteiger partial charge in [-0.15, -0.1) is 0 Å². The molecular formula is C10H15NO5. The first-order valence-electron chi connectivity index (χ1n) is 4.99. The number of carbonyl (C=O) groups excluding carboxylic acids is 1. The maximum Gasteiger partial charge on any atom is 0.410 e. The minimum atomic E-state index is -1.01. The van der Waals surface area contributed by atoms with Crippen LogP contribution in [0, 0.1) is 0 Å². The number of carboxylic acid groups (broad SMARTS) is 1. The number of hydrogen-bond acceptors (Lipinski definition) is 4. The van der Waals surface area contributed by atoms with Gasteiger partial charge in [0, 0.05) is 6.54 Å². The van der Waals surface area contributed by atoms with Crippen LogP contribution in [0.2, 0.25) is 0 Å². The molecule has 1 N–H and O–H groups in total. The van der Waals surface area contributed by atoms with Crippen molar-refractivity contribution in [3.05, 3.63) is 12.7 Å². The molecule has 1 atom stereocenters. The molecule has 90 valence electrons. The van der Waals surface area contributed by atoms with Gasteiger partial charge < -0.3 is 19.5 Å². The lowest BCUT2D eigenvalue weighted by Crippen LogP contribution is -2.31. The Morgan fingerprint density at radius 1 is 1.56 bits per heavy atom. The van der Waals surface area contributed by atoms with Gasteiger partial charge in [0.2, 0.25) is 0 Å². The number of amides is 1. The number of likely N-dealkylation sites (tertiary alicyclic amines) is 1. The predicted octanol–water partition coefficient (Wildman–Crippen LogP) is 0.485. The van der Waals surface area contributed by atoms with Crippen LogP contribution in [-0.2, 0) is 14.3 Å². The van der Waals surface area contributed by atoms with Crippen molar-refractivity contribution in [1.29, 1.82) is 0 Å². The predicted molar refractivity (Wildman–Crippen MR) is 55.1 cm³/mol. The van der Waals surface area contributed by atoms with Gasteiger partial charge in [-0.3, -0.25) is 0 Å². The lowest BCUT2D eigenvalue weighted by molar-refractivity contribution is -0.144. The Bertz CT molecular complexity index is 278. The van der Waals surface area contributed by atoms with E-state index in [-0.39, 0.29) is 19.3 Å². The first kappa shape index (κ1) is 12.5. The van der Waals surface area contributed by atoms with Crippen LogP contribution in [0.4, 0.5) is 4.79 Å². The lowest BCUT2D eigenvalue weighted by atomic mass is 10.3. The summed E-state index contributed by atoms with van der Waals surface area (Å²) in [6.45, 7) is 4.19. The summed E-state index contributed by atoms with van der Waals surface area (Å²) in [6.07, 6.45) is 1.50.